The molecule has 0 saturated carbocycles. The number of amidine groups is 1. The number of aliphatic hydroxyl groups excluding tert-OH is 1. The summed E-state index contributed by atoms with van der Waals surface area (Å²) in [5.74, 6) is 0.147. The SMILES string of the molecule is CC(C)(C)[C@@H](O)CCC(=N)N. The van der Waals surface area contributed by atoms with Gasteiger partial charge in [0.15, 0.2) is 0 Å². The zero-order valence-electron chi connectivity index (χ0n) is 7.52. The van der Waals surface area contributed by atoms with Crippen molar-refractivity contribution in [3.63, 3.8) is 0 Å². The van der Waals surface area contributed by atoms with Crippen LogP contribution in [0, 0.1) is 10.8 Å². The maximum atomic E-state index is 9.48. The molecule has 11 heavy (non-hydrogen) atoms. The summed E-state index contributed by atoms with van der Waals surface area (Å²) in [7, 11) is 0. The van der Waals surface area contributed by atoms with E-state index in [2.05, 4.69) is 0 Å². The van der Waals surface area contributed by atoms with E-state index in [0.29, 0.717) is 12.8 Å². The number of hydrogen-bond acceptors (Lipinski definition) is 2. The van der Waals surface area contributed by atoms with Crippen molar-refractivity contribution in [1.82, 2.24) is 0 Å². The molecular weight excluding hydrogens is 140 g/mol. The van der Waals surface area contributed by atoms with Gasteiger partial charge in [0.2, 0.25) is 0 Å². The standard InChI is InChI=1S/C8H18N2O/c1-8(2,3)6(11)4-5-7(9)10/h6,11H,4-5H2,1-3H3,(H3,9,10)/t6-/m0/s1. The molecule has 0 fully saturated rings. The van der Waals surface area contributed by atoms with E-state index >= 15 is 0 Å². The van der Waals surface area contributed by atoms with Crippen LogP contribution in [-0.4, -0.2) is 17.0 Å². The molecule has 0 aromatic heterocycles. The van der Waals surface area contributed by atoms with Crippen LogP contribution in [-0.2, 0) is 0 Å². The van der Waals surface area contributed by atoms with Gasteiger partial charge in [-0.3, -0.25) is 5.41 Å². The van der Waals surface area contributed by atoms with Gasteiger partial charge in [0.05, 0.1) is 11.9 Å². The first-order valence-corrected chi connectivity index (χ1v) is 3.85. The van der Waals surface area contributed by atoms with Gasteiger partial charge in [-0.15, -0.1) is 0 Å². The van der Waals surface area contributed by atoms with Gasteiger partial charge in [-0.2, -0.15) is 0 Å². The van der Waals surface area contributed by atoms with Gasteiger partial charge in [-0.25, -0.2) is 0 Å². The molecule has 0 bridgehead atoms. The van der Waals surface area contributed by atoms with Crippen molar-refractivity contribution >= 4 is 5.84 Å². The second kappa shape index (κ2) is 3.72. The zero-order valence-corrected chi connectivity index (χ0v) is 7.52. The predicted octanol–water partition coefficient (Wildman–Crippen LogP) is 1.11. The third kappa shape index (κ3) is 4.79. The van der Waals surface area contributed by atoms with E-state index in [1.807, 2.05) is 20.8 Å². The van der Waals surface area contributed by atoms with Crippen LogP contribution in [0.5, 0.6) is 0 Å². The Labute approximate surface area is 68.1 Å². The monoisotopic (exact) mass is 158 g/mol. The van der Waals surface area contributed by atoms with Crippen molar-refractivity contribution in [3.8, 4) is 0 Å². The Morgan fingerprint density at radius 1 is 1.55 bits per heavy atom. The fourth-order valence-electron chi connectivity index (χ4n) is 0.725. The minimum atomic E-state index is -0.369. The molecule has 0 amide bonds. The van der Waals surface area contributed by atoms with Gasteiger partial charge in [0.1, 0.15) is 0 Å². The zero-order chi connectivity index (χ0) is 9.07. The number of rotatable bonds is 3. The van der Waals surface area contributed by atoms with Crippen molar-refractivity contribution in [1.29, 1.82) is 5.41 Å². The second-order valence-electron chi connectivity index (χ2n) is 3.95. The highest BCUT2D eigenvalue weighted by atomic mass is 16.3. The van der Waals surface area contributed by atoms with Gasteiger partial charge < -0.3 is 10.8 Å². The largest absolute Gasteiger partial charge is 0.393 e. The Morgan fingerprint density at radius 3 is 2.27 bits per heavy atom. The molecule has 3 heteroatoms. The van der Waals surface area contributed by atoms with Crippen LogP contribution in [0.4, 0.5) is 0 Å². The van der Waals surface area contributed by atoms with E-state index in [9.17, 15) is 5.11 Å². The van der Waals surface area contributed by atoms with Crippen molar-refractivity contribution in [2.75, 3.05) is 0 Å². The van der Waals surface area contributed by atoms with E-state index in [1.54, 1.807) is 0 Å². The van der Waals surface area contributed by atoms with Gasteiger partial charge in [0.25, 0.3) is 0 Å². The molecule has 0 radical (unpaired) electrons. The lowest BCUT2D eigenvalue weighted by atomic mass is 9.86. The van der Waals surface area contributed by atoms with Crippen LogP contribution in [0.2, 0.25) is 0 Å². The Bertz CT molecular complexity index is 138. The van der Waals surface area contributed by atoms with E-state index in [-0.39, 0.29) is 17.4 Å². The highest BCUT2D eigenvalue weighted by Gasteiger charge is 2.21. The lowest BCUT2D eigenvalue weighted by Crippen LogP contribution is -2.27. The van der Waals surface area contributed by atoms with E-state index in [1.165, 1.54) is 0 Å². The summed E-state index contributed by atoms with van der Waals surface area (Å²) in [5.41, 5.74) is 5.05. The van der Waals surface area contributed by atoms with Crippen molar-refractivity contribution < 1.29 is 5.11 Å². The van der Waals surface area contributed by atoms with Gasteiger partial charge in [-0.05, 0) is 11.8 Å². The van der Waals surface area contributed by atoms with Crippen molar-refractivity contribution in [3.05, 3.63) is 0 Å². The molecule has 4 N–H and O–H groups in total. The molecule has 0 aliphatic carbocycles. The molecule has 0 spiro atoms. The average Bonchev–Trinajstić information content (AvgIpc) is 1.80. The molecule has 0 rings (SSSR count). The first kappa shape index (κ1) is 10.4. The van der Waals surface area contributed by atoms with Gasteiger partial charge >= 0.3 is 0 Å². The molecule has 0 aromatic rings. The van der Waals surface area contributed by atoms with Gasteiger partial charge in [0, 0.05) is 6.42 Å². The molecule has 0 unspecified atom stereocenters. The Morgan fingerprint density at radius 2 is 2.00 bits per heavy atom. The van der Waals surface area contributed by atoms with Crippen LogP contribution < -0.4 is 5.73 Å². The Hall–Kier alpha value is -0.570. The summed E-state index contributed by atoms with van der Waals surface area (Å²) in [6, 6.07) is 0. The molecule has 0 saturated heterocycles. The summed E-state index contributed by atoms with van der Waals surface area (Å²) in [6.07, 6.45) is 0.698. The minimum absolute atomic E-state index is 0.102. The molecule has 0 aliphatic heterocycles. The number of aliphatic hydroxyl groups is 1. The van der Waals surface area contributed by atoms with E-state index in [4.69, 9.17) is 11.1 Å². The number of hydrogen-bond donors (Lipinski definition) is 3. The molecule has 3 nitrogen and oxygen atoms in total. The third-order valence-electron chi connectivity index (χ3n) is 1.69. The quantitative estimate of drug-likeness (QED) is 0.425. The highest BCUT2D eigenvalue weighted by molar-refractivity contribution is 5.76. The Balaban J connectivity index is 3.70. The third-order valence-corrected chi connectivity index (χ3v) is 1.69. The van der Waals surface area contributed by atoms with Crippen LogP contribution in [0.1, 0.15) is 33.6 Å². The first-order chi connectivity index (χ1) is 4.84. The summed E-state index contributed by atoms with van der Waals surface area (Å²) >= 11 is 0. The summed E-state index contributed by atoms with van der Waals surface area (Å²) in [4.78, 5) is 0. The van der Waals surface area contributed by atoms with Crippen molar-refractivity contribution in [2.45, 2.75) is 39.7 Å². The molecular formula is C8H18N2O. The summed E-state index contributed by atoms with van der Waals surface area (Å²) in [5, 5.41) is 16.4. The highest BCUT2D eigenvalue weighted by Crippen LogP contribution is 2.22. The van der Waals surface area contributed by atoms with Crippen LogP contribution >= 0.6 is 0 Å². The van der Waals surface area contributed by atoms with E-state index in [0.717, 1.165) is 0 Å². The van der Waals surface area contributed by atoms with E-state index < -0.39 is 0 Å². The predicted molar refractivity (Wildman–Crippen MR) is 46.6 cm³/mol. The topological polar surface area (TPSA) is 70.1 Å². The summed E-state index contributed by atoms with van der Waals surface area (Å²) < 4.78 is 0. The normalized spacial score (nSPS) is 14.5. The number of nitrogens with one attached hydrogen (secondary N) is 1. The first-order valence-electron chi connectivity index (χ1n) is 3.85. The van der Waals surface area contributed by atoms with Crippen molar-refractivity contribution in [2.24, 2.45) is 11.1 Å². The molecule has 0 heterocycles. The van der Waals surface area contributed by atoms with Crippen LogP contribution in [0.3, 0.4) is 0 Å². The van der Waals surface area contributed by atoms with Gasteiger partial charge in [-0.1, -0.05) is 20.8 Å². The molecule has 0 aliphatic rings. The van der Waals surface area contributed by atoms with Crippen LogP contribution in [0.15, 0.2) is 0 Å². The fourth-order valence-corrected chi connectivity index (χ4v) is 0.725. The lowest BCUT2D eigenvalue weighted by Gasteiger charge is -2.25. The summed E-state index contributed by atoms with van der Waals surface area (Å²) in [6.45, 7) is 5.91. The second-order valence-corrected chi connectivity index (χ2v) is 3.95. The molecule has 0 aromatic carbocycles. The smallest absolute Gasteiger partial charge is 0.0906 e. The molecule has 1 atom stereocenters. The fraction of sp³-hybridized carbons (Fsp3) is 0.875. The van der Waals surface area contributed by atoms with Crippen LogP contribution in [0.25, 0.3) is 0 Å². The molecule has 66 valence electrons. The lowest BCUT2D eigenvalue weighted by molar-refractivity contribution is 0.0574. The average molecular weight is 158 g/mol. The Kier molecular flexibility index (Phi) is 3.52. The minimum Gasteiger partial charge on any atom is -0.393 e. The maximum absolute atomic E-state index is 9.48. The number of nitrogens with two attached hydrogens (primary N) is 1. The maximum Gasteiger partial charge on any atom is 0.0906 e.